The highest BCUT2D eigenvalue weighted by Crippen LogP contribution is 2.26. The molecule has 0 atom stereocenters. The highest BCUT2D eigenvalue weighted by molar-refractivity contribution is 6.02. The summed E-state index contributed by atoms with van der Waals surface area (Å²) in [7, 11) is 3.74. The SMILES string of the molecule is CCn1c(NC)c(C(=O)N2CCN(C)CC2)c(=O)c2ccc(-c3ccc(NC(=O)NCc4cccnc4)cc3)nc21. The standard InChI is InChI=1S/C30H34N8O3/c1-4-38-27-23(26(39)25(28(38)31-2)29(40)37-16-14-36(3)15-17-37)11-12-24(35-27)21-7-9-22(10-8-21)34-30(41)33-19-20-6-5-13-32-18-20/h5-13,18,31H,4,14-17,19H2,1-3H3,(H2,33,34,41). The maximum Gasteiger partial charge on any atom is 0.319 e. The van der Waals surface area contributed by atoms with Gasteiger partial charge in [-0.15, -0.1) is 0 Å². The number of fused-ring (bicyclic) bond motifs is 1. The Kier molecular flexibility index (Phi) is 8.25. The Labute approximate surface area is 238 Å². The topological polar surface area (TPSA) is 124 Å². The number of nitrogens with zero attached hydrogens (tertiary/aromatic N) is 5. The van der Waals surface area contributed by atoms with Crippen LogP contribution in [-0.4, -0.2) is 76.5 Å². The Morgan fingerprint density at radius 2 is 1.76 bits per heavy atom. The highest BCUT2D eigenvalue weighted by Gasteiger charge is 2.28. The largest absolute Gasteiger partial charge is 0.374 e. The lowest BCUT2D eigenvalue weighted by Gasteiger charge is -2.33. The molecule has 0 unspecified atom stereocenters. The predicted octanol–water partition coefficient (Wildman–Crippen LogP) is 3.23. The van der Waals surface area contributed by atoms with Gasteiger partial charge in [-0.2, -0.15) is 0 Å². The van der Waals surface area contributed by atoms with Crippen LogP contribution in [-0.2, 0) is 13.1 Å². The second-order valence-corrected chi connectivity index (χ2v) is 9.96. The average molecular weight is 555 g/mol. The van der Waals surface area contributed by atoms with E-state index in [9.17, 15) is 14.4 Å². The second-order valence-electron chi connectivity index (χ2n) is 9.96. The number of amides is 3. The van der Waals surface area contributed by atoms with Crippen LogP contribution in [0.2, 0.25) is 0 Å². The van der Waals surface area contributed by atoms with Crippen LogP contribution in [0.4, 0.5) is 16.3 Å². The lowest BCUT2D eigenvalue weighted by atomic mass is 10.1. The number of carbonyl (C=O) groups is 2. The van der Waals surface area contributed by atoms with Crippen molar-refractivity contribution in [3.8, 4) is 11.3 Å². The molecule has 0 saturated carbocycles. The summed E-state index contributed by atoms with van der Waals surface area (Å²) >= 11 is 0. The van der Waals surface area contributed by atoms with Crippen molar-refractivity contribution in [3.63, 3.8) is 0 Å². The van der Waals surface area contributed by atoms with Gasteiger partial charge in [-0.05, 0) is 49.9 Å². The molecule has 0 aliphatic carbocycles. The van der Waals surface area contributed by atoms with E-state index in [-0.39, 0.29) is 22.9 Å². The Morgan fingerprint density at radius 1 is 1.00 bits per heavy atom. The molecule has 3 N–H and O–H groups in total. The van der Waals surface area contributed by atoms with Crippen LogP contribution in [0.3, 0.4) is 0 Å². The number of hydrogen-bond acceptors (Lipinski definition) is 7. The van der Waals surface area contributed by atoms with Crippen molar-refractivity contribution >= 4 is 34.5 Å². The molecule has 5 rings (SSSR count). The number of aromatic nitrogens is 3. The quantitative estimate of drug-likeness (QED) is 0.320. The van der Waals surface area contributed by atoms with Crippen LogP contribution in [0.5, 0.6) is 0 Å². The molecule has 1 aromatic carbocycles. The molecule has 0 spiro atoms. The number of nitrogens with one attached hydrogen (secondary N) is 3. The third-order valence-corrected chi connectivity index (χ3v) is 7.28. The minimum Gasteiger partial charge on any atom is -0.374 e. The monoisotopic (exact) mass is 554 g/mol. The third-order valence-electron chi connectivity index (χ3n) is 7.28. The maximum atomic E-state index is 13.7. The summed E-state index contributed by atoms with van der Waals surface area (Å²) in [6.07, 6.45) is 3.39. The molecular weight excluding hydrogens is 520 g/mol. The molecule has 11 nitrogen and oxygen atoms in total. The fourth-order valence-corrected chi connectivity index (χ4v) is 4.99. The first-order chi connectivity index (χ1) is 19.9. The Hall–Kier alpha value is -4.77. The first-order valence-electron chi connectivity index (χ1n) is 13.7. The van der Waals surface area contributed by atoms with E-state index in [0.29, 0.717) is 54.4 Å². The predicted molar refractivity (Wildman–Crippen MR) is 160 cm³/mol. The van der Waals surface area contributed by atoms with Gasteiger partial charge in [0, 0.05) is 70.0 Å². The Morgan fingerprint density at radius 3 is 2.41 bits per heavy atom. The van der Waals surface area contributed by atoms with E-state index in [1.165, 1.54) is 0 Å². The number of piperazine rings is 1. The molecule has 3 amide bonds. The van der Waals surface area contributed by atoms with Crippen molar-refractivity contribution < 1.29 is 9.59 Å². The summed E-state index contributed by atoms with van der Waals surface area (Å²) in [5.74, 6) is 0.212. The zero-order valence-electron chi connectivity index (χ0n) is 23.5. The number of pyridine rings is 3. The molecule has 1 aliphatic rings. The molecule has 3 aromatic heterocycles. The van der Waals surface area contributed by atoms with E-state index in [0.717, 1.165) is 24.2 Å². The Bertz CT molecular complexity index is 1610. The van der Waals surface area contributed by atoms with E-state index < -0.39 is 0 Å². The molecule has 1 saturated heterocycles. The number of hydrogen-bond donors (Lipinski definition) is 3. The van der Waals surface area contributed by atoms with Crippen LogP contribution < -0.4 is 21.4 Å². The lowest BCUT2D eigenvalue weighted by molar-refractivity contribution is 0.0663. The molecule has 212 valence electrons. The normalized spacial score (nSPS) is 13.7. The van der Waals surface area contributed by atoms with Gasteiger partial charge in [-0.3, -0.25) is 14.6 Å². The Balaban J connectivity index is 1.39. The molecule has 0 radical (unpaired) electrons. The van der Waals surface area contributed by atoms with Crippen LogP contribution >= 0.6 is 0 Å². The lowest BCUT2D eigenvalue weighted by Crippen LogP contribution is -2.48. The average Bonchev–Trinajstić information content (AvgIpc) is 3.00. The summed E-state index contributed by atoms with van der Waals surface area (Å²) in [5, 5.41) is 9.13. The van der Waals surface area contributed by atoms with Crippen LogP contribution in [0.25, 0.3) is 22.3 Å². The zero-order valence-corrected chi connectivity index (χ0v) is 23.5. The van der Waals surface area contributed by atoms with Crippen molar-refractivity contribution in [2.45, 2.75) is 20.0 Å². The van der Waals surface area contributed by atoms with E-state index >= 15 is 0 Å². The van der Waals surface area contributed by atoms with Crippen LogP contribution in [0.1, 0.15) is 22.8 Å². The molecule has 0 bridgehead atoms. The zero-order chi connectivity index (χ0) is 28.9. The van der Waals surface area contributed by atoms with Crippen molar-refractivity contribution in [1.29, 1.82) is 0 Å². The van der Waals surface area contributed by atoms with Gasteiger partial charge >= 0.3 is 6.03 Å². The first kappa shape index (κ1) is 27.8. The summed E-state index contributed by atoms with van der Waals surface area (Å²) in [6.45, 7) is 5.55. The molecule has 41 heavy (non-hydrogen) atoms. The minimum atomic E-state index is -0.325. The summed E-state index contributed by atoms with van der Waals surface area (Å²) in [5.41, 5.74) is 3.37. The van der Waals surface area contributed by atoms with Gasteiger partial charge in [0.1, 0.15) is 17.0 Å². The van der Waals surface area contributed by atoms with Gasteiger partial charge in [0.05, 0.1) is 11.1 Å². The number of rotatable bonds is 7. The molecule has 1 fully saturated rings. The summed E-state index contributed by atoms with van der Waals surface area (Å²) < 4.78 is 1.88. The first-order valence-corrected chi connectivity index (χ1v) is 13.7. The second kappa shape index (κ2) is 12.2. The smallest absolute Gasteiger partial charge is 0.319 e. The van der Waals surface area contributed by atoms with Gasteiger partial charge in [-0.25, -0.2) is 9.78 Å². The minimum absolute atomic E-state index is 0.151. The number of carbonyl (C=O) groups excluding carboxylic acids is 2. The van der Waals surface area contributed by atoms with E-state index in [2.05, 4.69) is 25.8 Å². The number of aryl methyl sites for hydroxylation is 1. The molecule has 11 heteroatoms. The van der Waals surface area contributed by atoms with Crippen LogP contribution in [0.15, 0.2) is 65.7 Å². The fourth-order valence-electron chi connectivity index (χ4n) is 4.99. The number of urea groups is 1. The van der Waals surface area contributed by atoms with Gasteiger partial charge in [0.2, 0.25) is 5.43 Å². The molecular formula is C30H34N8O3. The number of likely N-dealkylation sites (N-methyl/N-ethyl adjacent to an activating group) is 1. The van der Waals surface area contributed by atoms with Crippen molar-refractivity contribution in [1.82, 2.24) is 29.7 Å². The van der Waals surface area contributed by atoms with Gasteiger partial charge in [-0.1, -0.05) is 18.2 Å². The van der Waals surface area contributed by atoms with Gasteiger partial charge < -0.3 is 30.3 Å². The number of anilines is 2. The van der Waals surface area contributed by atoms with Crippen molar-refractivity contribution in [2.24, 2.45) is 0 Å². The van der Waals surface area contributed by atoms with Crippen LogP contribution in [0, 0.1) is 0 Å². The molecule has 4 heterocycles. The molecule has 4 aromatic rings. The van der Waals surface area contributed by atoms with E-state index in [1.807, 2.05) is 42.8 Å². The highest BCUT2D eigenvalue weighted by atomic mass is 16.2. The molecule has 1 aliphatic heterocycles. The summed E-state index contributed by atoms with van der Waals surface area (Å²) in [6, 6.07) is 14.2. The number of benzene rings is 1. The van der Waals surface area contributed by atoms with E-state index in [4.69, 9.17) is 4.98 Å². The van der Waals surface area contributed by atoms with Gasteiger partial charge in [0.25, 0.3) is 5.91 Å². The van der Waals surface area contributed by atoms with E-state index in [1.54, 1.807) is 48.6 Å². The van der Waals surface area contributed by atoms with Gasteiger partial charge in [0.15, 0.2) is 0 Å². The fraction of sp³-hybridized carbons (Fsp3) is 0.300. The van der Waals surface area contributed by atoms with Crippen molar-refractivity contribution in [3.05, 3.63) is 82.3 Å². The third kappa shape index (κ3) is 5.90. The van der Waals surface area contributed by atoms with Crippen molar-refractivity contribution in [2.75, 3.05) is 50.9 Å². The summed E-state index contributed by atoms with van der Waals surface area (Å²) in [4.78, 5) is 52.3. The maximum absolute atomic E-state index is 13.7.